The number of methoxy groups -OCH3 is 1. The van der Waals surface area contributed by atoms with Crippen LogP contribution in [0.3, 0.4) is 0 Å². The largest absolute Gasteiger partial charge is 0.385 e. The van der Waals surface area contributed by atoms with Gasteiger partial charge in [-0.3, -0.25) is 4.99 Å². The smallest absolute Gasteiger partial charge is 0.191 e. The average Bonchev–Trinajstić information content (AvgIpc) is 2.49. The van der Waals surface area contributed by atoms with Gasteiger partial charge in [0.05, 0.1) is 0 Å². The monoisotopic (exact) mass is 419 g/mol. The van der Waals surface area contributed by atoms with Crippen molar-refractivity contribution >= 4 is 29.9 Å². The van der Waals surface area contributed by atoms with Crippen molar-refractivity contribution in [3.8, 4) is 0 Å². The lowest BCUT2D eigenvalue weighted by Gasteiger charge is -2.14. The third-order valence-electron chi connectivity index (χ3n) is 3.33. The van der Waals surface area contributed by atoms with Crippen LogP contribution in [0.1, 0.15) is 37.3 Å². The number of benzene rings is 1. The molecular formula is C17H30IN3O. The first-order valence-electron chi connectivity index (χ1n) is 7.75. The van der Waals surface area contributed by atoms with Crippen LogP contribution in [0.5, 0.6) is 0 Å². The summed E-state index contributed by atoms with van der Waals surface area (Å²) in [6.07, 6.45) is 0.981. The van der Waals surface area contributed by atoms with Crippen molar-refractivity contribution in [2.45, 2.75) is 33.1 Å². The van der Waals surface area contributed by atoms with Gasteiger partial charge >= 0.3 is 0 Å². The zero-order valence-electron chi connectivity index (χ0n) is 14.2. The van der Waals surface area contributed by atoms with Gasteiger partial charge in [0, 0.05) is 39.3 Å². The minimum Gasteiger partial charge on any atom is -0.385 e. The molecule has 0 heterocycles. The van der Waals surface area contributed by atoms with Gasteiger partial charge in [-0.25, -0.2) is 0 Å². The highest BCUT2D eigenvalue weighted by atomic mass is 127. The molecule has 1 atom stereocenters. The Bertz CT molecular complexity index is 420. The summed E-state index contributed by atoms with van der Waals surface area (Å²) < 4.78 is 5.05. The predicted octanol–water partition coefficient (Wildman–Crippen LogP) is 3.31. The van der Waals surface area contributed by atoms with E-state index in [9.17, 15) is 0 Å². The Morgan fingerprint density at radius 1 is 1.23 bits per heavy atom. The van der Waals surface area contributed by atoms with Crippen molar-refractivity contribution in [2.24, 2.45) is 4.99 Å². The number of aliphatic imine (C=N–C) groups is 1. The lowest BCUT2D eigenvalue weighted by Crippen LogP contribution is -2.38. The van der Waals surface area contributed by atoms with Gasteiger partial charge < -0.3 is 15.4 Å². The maximum absolute atomic E-state index is 5.05. The molecule has 0 saturated carbocycles. The molecule has 4 nitrogen and oxygen atoms in total. The van der Waals surface area contributed by atoms with E-state index in [0.717, 1.165) is 38.6 Å². The Hall–Kier alpha value is -0.820. The highest BCUT2D eigenvalue weighted by Crippen LogP contribution is 2.15. The second-order valence-corrected chi connectivity index (χ2v) is 5.30. The number of nitrogens with one attached hydrogen (secondary N) is 2. The van der Waals surface area contributed by atoms with Gasteiger partial charge in [0.2, 0.25) is 0 Å². The minimum absolute atomic E-state index is 0. The fourth-order valence-electron chi connectivity index (χ4n) is 1.99. The van der Waals surface area contributed by atoms with Crippen LogP contribution < -0.4 is 10.6 Å². The Morgan fingerprint density at radius 3 is 2.50 bits per heavy atom. The van der Waals surface area contributed by atoms with Crippen LogP contribution in [0.25, 0.3) is 0 Å². The number of hydrogen-bond acceptors (Lipinski definition) is 2. The quantitative estimate of drug-likeness (QED) is 0.294. The summed E-state index contributed by atoms with van der Waals surface area (Å²) in [5, 5.41) is 6.60. The Balaban J connectivity index is 0.00000441. The molecule has 0 amide bonds. The highest BCUT2D eigenvalue weighted by Gasteiger charge is 2.05. The molecule has 1 aromatic carbocycles. The van der Waals surface area contributed by atoms with E-state index in [0.29, 0.717) is 5.92 Å². The number of halogens is 1. The normalized spacial score (nSPS) is 12.5. The maximum Gasteiger partial charge on any atom is 0.191 e. The predicted molar refractivity (Wildman–Crippen MR) is 105 cm³/mol. The van der Waals surface area contributed by atoms with Crippen LogP contribution in [0, 0.1) is 6.92 Å². The molecule has 0 saturated heterocycles. The standard InChI is InChI=1S/C17H29N3O.HI/c1-5-18-17(19-11-6-12-21-4)20-13-15(3)16-9-7-14(2)8-10-16;/h7-10,15H,5-6,11-13H2,1-4H3,(H2,18,19,20);1H. The zero-order chi connectivity index (χ0) is 15.5. The summed E-state index contributed by atoms with van der Waals surface area (Å²) in [6, 6.07) is 8.69. The van der Waals surface area contributed by atoms with E-state index in [1.165, 1.54) is 11.1 Å². The van der Waals surface area contributed by atoms with Crippen LogP contribution in [0.2, 0.25) is 0 Å². The van der Waals surface area contributed by atoms with Crippen LogP contribution >= 0.6 is 24.0 Å². The molecule has 1 aromatic rings. The second-order valence-electron chi connectivity index (χ2n) is 5.30. The van der Waals surface area contributed by atoms with E-state index in [4.69, 9.17) is 4.74 Å². The average molecular weight is 419 g/mol. The molecule has 0 bridgehead atoms. The van der Waals surface area contributed by atoms with Gasteiger partial charge in [0.1, 0.15) is 0 Å². The molecule has 0 radical (unpaired) electrons. The van der Waals surface area contributed by atoms with Gasteiger partial charge in [-0.1, -0.05) is 36.8 Å². The molecule has 126 valence electrons. The number of nitrogens with zero attached hydrogens (tertiary/aromatic N) is 1. The van der Waals surface area contributed by atoms with Gasteiger partial charge in [-0.05, 0) is 25.8 Å². The summed E-state index contributed by atoms with van der Waals surface area (Å²) >= 11 is 0. The van der Waals surface area contributed by atoms with Crippen LogP contribution in [0.4, 0.5) is 0 Å². The van der Waals surface area contributed by atoms with E-state index in [-0.39, 0.29) is 24.0 Å². The molecule has 0 aromatic heterocycles. The number of guanidine groups is 1. The summed E-state index contributed by atoms with van der Waals surface area (Å²) in [5.41, 5.74) is 2.63. The van der Waals surface area contributed by atoms with E-state index >= 15 is 0 Å². The van der Waals surface area contributed by atoms with Crippen molar-refractivity contribution in [1.29, 1.82) is 0 Å². The summed E-state index contributed by atoms with van der Waals surface area (Å²) in [7, 11) is 1.72. The van der Waals surface area contributed by atoms with Gasteiger partial charge in [0.15, 0.2) is 5.96 Å². The fraction of sp³-hybridized carbons (Fsp3) is 0.588. The van der Waals surface area contributed by atoms with Crippen molar-refractivity contribution in [1.82, 2.24) is 10.6 Å². The van der Waals surface area contributed by atoms with Gasteiger partial charge in [-0.15, -0.1) is 24.0 Å². The molecule has 1 unspecified atom stereocenters. The molecule has 0 aliphatic carbocycles. The van der Waals surface area contributed by atoms with E-state index in [1.54, 1.807) is 7.11 Å². The highest BCUT2D eigenvalue weighted by molar-refractivity contribution is 14.0. The number of hydrogen-bond donors (Lipinski definition) is 2. The van der Waals surface area contributed by atoms with Gasteiger partial charge in [0.25, 0.3) is 0 Å². The minimum atomic E-state index is 0. The Kier molecular flexibility index (Phi) is 12.2. The summed E-state index contributed by atoms with van der Waals surface area (Å²) in [5.74, 6) is 1.30. The van der Waals surface area contributed by atoms with Crippen molar-refractivity contribution < 1.29 is 4.74 Å². The SMILES string of the molecule is CCNC(=NCC(C)c1ccc(C)cc1)NCCCOC.I. The molecule has 0 spiro atoms. The maximum atomic E-state index is 5.05. The molecule has 22 heavy (non-hydrogen) atoms. The first-order valence-corrected chi connectivity index (χ1v) is 7.75. The number of rotatable bonds is 8. The lowest BCUT2D eigenvalue weighted by atomic mass is 10.0. The van der Waals surface area contributed by atoms with E-state index in [2.05, 4.69) is 60.7 Å². The summed E-state index contributed by atoms with van der Waals surface area (Å²) in [6.45, 7) is 9.70. The van der Waals surface area contributed by atoms with Crippen molar-refractivity contribution in [2.75, 3.05) is 33.4 Å². The van der Waals surface area contributed by atoms with Gasteiger partial charge in [-0.2, -0.15) is 0 Å². The van der Waals surface area contributed by atoms with Crippen LogP contribution in [-0.2, 0) is 4.74 Å². The van der Waals surface area contributed by atoms with Crippen molar-refractivity contribution in [3.63, 3.8) is 0 Å². The molecule has 0 fully saturated rings. The third-order valence-corrected chi connectivity index (χ3v) is 3.33. The second kappa shape index (κ2) is 12.7. The molecular weight excluding hydrogens is 389 g/mol. The van der Waals surface area contributed by atoms with E-state index < -0.39 is 0 Å². The molecule has 5 heteroatoms. The third kappa shape index (κ3) is 8.58. The molecule has 2 N–H and O–H groups in total. The summed E-state index contributed by atoms with van der Waals surface area (Å²) in [4.78, 5) is 4.66. The van der Waals surface area contributed by atoms with E-state index in [1.807, 2.05) is 0 Å². The first kappa shape index (κ1) is 21.2. The first-order chi connectivity index (χ1) is 10.2. The molecule has 1 rings (SSSR count). The Labute approximate surface area is 152 Å². The van der Waals surface area contributed by atoms with Crippen LogP contribution in [0.15, 0.2) is 29.3 Å². The number of aryl methyl sites for hydroxylation is 1. The lowest BCUT2D eigenvalue weighted by molar-refractivity contribution is 0.195. The van der Waals surface area contributed by atoms with Crippen LogP contribution in [-0.4, -0.2) is 39.3 Å². The van der Waals surface area contributed by atoms with Crippen molar-refractivity contribution in [3.05, 3.63) is 35.4 Å². The Morgan fingerprint density at radius 2 is 1.91 bits per heavy atom. The fourth-order valence-corrected chi connectivity index (χ4v) is 1.99. The number of ether oxygens (including phenoxy) is 1. The molecule has 0 aliphatic rings. The topological polar surface area (TPSA) is 45.7 Å². The molecule has 0 aliphatic heterocycles. The zero-order valence-corrected chi connectivity index (χ0v) is 16.5.